The summed E-state index contributed by atoms with van der Waals surface area (Å²) in [5.74, 6) is -4.84. The molecular formula is C22H24F3N3OS. The summed E-state index contributed by atoms with van der Waals surface area (Å²) in [4.78, 5) is 17.2. The molecule has 0 radical (unpaired) electrons. The highest BCUT2D eigenvalue weighted by Gasteiger charge is 2.22. The van der Waals surface area contributed by atoms with Gasteiger partial charge in [-0.15, -0.1) is 0 Å². The van der Waals surface area contributed by atoms with Crippen LogP contribution in [0.5, 0.6) is 0 Å². The van der Waals surface area contributed by atoms with E-state index in [1.807, 2.05) is 24.3 Å². The van der Waals surface area contributed by atoms with Crippen LogP contribution in [-0.4, -0.2) is 20.7 Å². The first-order valence-electron chi connectivity index (χ1n) is 9.98. The van der Waals surface area contributed by atoms with Crippen molar-refractivity contribution in [2.24, 2.45) is 0 Å². The predicted octanol–water partition coefficient (Wildman–Crippen LogP) is 6.15. The molecule has 0 aliphatic carbocycles. The molecule has 8 heteroatoms. The maximum Gasteiger partial charge on any atom is 0.237 e. The summed E-state index contributed by atoms with van der Waals surface area (Å²) in [6, 6.07) is 9.56. The Morgan fingerprint density at radius 2 is 1.87 bits per heavy atom. The van der Waals surface area contributed by atoms with Gasteiger partial charge in [0.15, 0.2) is 22.6 Å². The zero-order valence-electron chi connectivity index (χ0n) is 16.9. The van der Waals surface area contributed by atoms with Crippen molar-refractivity contribution >= 4 is 34.4 Å². The van der Waals surface area contributed by atoms with Crippen molar-refractivity contribution in [3.05, 3.63) is 53.8 Å². The number of imidazole rings is 1. The maximum absolute atomic E-state index is 13.9. The van der Waals surface area contributed by atoms with Gasteiger partial charge in [0, 0.05) is 6.54 Å². The van der Waals surface area contributed by atoms with Crippen molar-refractivity contribution in [2.75, 3.05) is 5.32 Å². The van der Waals surface area contributed by atoms with E-state index in [1.54, 1.807) is 6.92 Å². The van der Waals surface area contributed by atoms with Crippen molar-refractivity contribution in [3.8, 4) is 0 Å². The molecule has 0 saturated carbocycles. The Morgan fingerprint density at radius 3 is 2.63 bits per heavy atom. The predicted molar refractivity (Wildman–Crippen MR) is 114 cm³/mol. The van der Waals surface area contributed by atoms with Gasteiger partial charge in [-0.2, -0.15) is 0 Å². The molecule has 1 heterocycles. The lowest BCUT2D eigenvalue weighted by molar-refractivity contribution is -0.115. The molecule has 160 valence electrons. The molecule has 1 amide bonds. The van der Waals surface area contributed by atoms with Gasteiger partial charge in [-0.3, -0.25) is 4.79 Å². The van der Waals surface area contributed by atoms with Crippen LogP contribution in [0.4, 0.5) is 18.9 Å². The molecule has 1 unspecified atom stereocenters. The van der Waals surface area contributed by atoms with Crippen LogP contribution in [-0.2, 0) is 11.3 Å². The van der Waals surface area contributed by atoms with Gasteiger partial charge in [0.1, 0.15) is 0 Å². The molecule has 0 aliphatic rings. The van der Waals surface area contributed by atoms with Gasteiger partial charge in [-0.05, 0) is 37.6 Å². The number of aromatic nitrogens is 2. The summed E-state index contributed by atoms with van der Waals surface area (Å²) in [5, 5.41) is 2.41. The van der Waals surface area contributed by atoms with E-state index in [4.69, 9.17) is 0 Å². The number of anilines is 1. The first-order chi connectivity index (χ1) is 14.4. The number of hydrogen-bond acceptors (Lipinski definition) is 3. The number of rotatable bonds is 9. The number of thioether (sulfide) groups is 1. The summed E-state index contributed by atoms with van der Waals surface area (Å²) in [5.41, 5.74) is 1.45. The number of para-hydroxylation sites is 2. The van der Waals surface area contributed by atoms with Crippen LogP contribution < -0.4 is 5.32 Å². The van der Waals surface area contributed by atoms with Crippen molar-refractivity contribution < 1.29 is 18.0 Å². The lowest BCUT2D eigenvalue weighted by atomic mass is 10.2. The Balaban J connectivity index is 1.76. The second-order valence-corrected chi connectivity index (χ2v) is 8.38. The van der Waals surface area contributed by atoms with Crippen LogP contribution >= 0.6 is 11.8 Å². The van der Waals surface area contributed by atoms with E-state index in [2.05, 4.69) is 21.8 Å². The molecule has 0 fully saturated rings. The summed E-state index contributed by atoms with van der Waals surface area (Å²) in [6.07, 6.45) is 4.42. The van der Waals surface area contributed by atoms with E-state index >= 15 is 0 Å². The zero-order chi connectivity index (χ0) is 21.7. The van der Waals surface area contributed by atoms with E-state index < -0.39 is 28.6 Å². The fraction of sp³-hybridized carbons (Fsp3) is 0.364. The standard InChI is InChI=1S/C22H24F3N3OS/c1-3-4-5-8-13-28-18-10-7-6-9-16(18)27-22(28)30-14(2)21(29)26-17-12-11-15(23)19(24)20(17)25/h6-7,9-12,14H,3-5,8,13H2,1-2H3,(H,26,29). The number of hydrogen-bond donors (Lipinski definition) is 1. The lowest BCUT2D eigenvalue weighted by Crippen LogP contribution is -2.23. The van der Waals surface area contributed by atoms with Crippen molar-refractivity contribution in [3.63, 3.8) is 0 Å². The van der Waals surface area contributed by atoms with Gasteiger partial charge < -0.3 is 9.88 Å². The zero-order valence-corrected chi connectivity index (χ0v) is 17.7. The Morgan fingerprint density at radius 1 is 1.10 bits per heavy atom. The van der Waals surface area contributed by atoms with Crippen LogP contribution in [0.2, 0.25) is 0 Å². The molecule has 30 heavy (non-hydrogen) atoms. The Bertz CT molecular complexity index is 1040. The second-order valence-electron chi connectivity index (χ2n) is 7.07. The molecule has 0 aliphatic heterocycles. The van der Waals surface area contributed by atoms with Crippen molar-refractivity contribution in [1.82, 2.24) is 9.55 Å². The molecule has 3 rings (SSSR count). The molecular weight excluding hydrogens is 411 g/mol. The highest BCUT2D eigenvalue weighted by atomic mass is 32.2. The van der Waals surface area contributed by atoms with Gasteiger partial charge in [-0.1, -0.05) is 50.1 Å². The Hall–Kier alpha value is -2.48. The van der Waals surface area contributed by atoms with Crippen LogP contribution in [0, 0.1) is 17.5 Å². The SMILES string of the molecule is CCCCCCn1c(SC(C)C(=O)Nc2ccc(F)c(F)c2F)nc2ccccc21. The number of nitrogens with one attached hydrogen (secondary N) is 1. The van der Waals surface area contributed by atoms with Gasteiger partial charge in [0.05, 0.1) is 22.0 Å². The first kappa shape index (κ1) is 22.2. The molecule has 0 saturated heterocycles. The molecule has 2 aromatic carbocycles. The van der Waals surface area contributed by atoms with E-state index in [0.29, 0.717) is 5.16 Å². The molecule has 4 nitrogen and oxygen atoms in total. The average molecular weight is 436 g/mol. The summed E-state index contributed by atoms with van der Waals surface area (Å²) < 4.78 is 42.5. The molecule has 0 spiro atoms. The minimum atomic E-state index is -1.61. The lowest BCUT2D eigenvalue weighted by Gasteiger charge is -2.14. The van der Waals surface area contributed by atoms with Crippen molar-refractivity contribution in [1.29, 1.82) is 0 Å². The quantitative estimate of drug-likeness (QED) is 0.249. The van der Waals surface area contributed by atoms with Gasteiger partial charge in [-0.25, -0.2) is 18.2 Å². The topological polar surface area (TPSA) is 46.9 Å². The maximum atomic E-state index is 13.9. The number of carbonyl (C=O) groups is 1. The molecule has 1 aromatic heterocycles. The van der Waals surface area contributed by atoms with Gasteiger partial charge in [0.2, 0.25) is 5.91 Å². The average Bonchev–Trinajstić information content (AvgIpc) is 3.08. The van der Waals surface area contributed by atoms with Crippen LogP contribution in [0.1, 0.15) is 39.5 Å². The number of benzene rings is 2. The van der Waals surface area contributed by atoms with E-state index in [0.717, 1.165) is 55.4 Å². The van der Waals surface area contributed by atoms with Crippen molar-refractivity contribution in [2.45, 2.75) is 56.5 Å². The van der Waals surface area contributed by atoms with E-state index in [1.165, 1.54) is 11.8 Å². The smallest absolute Gasteiger partial charge is 0.237 e. The number of halogens is 3. The summed E-state index contributed by atoms with van der Waals surface area (Å²) in [6.45, 7) is 4.61. The molecule has 1 N–H and O–H groups in total. The second kappa shape index (κ2) is 10.0. The molecule has 0 bridgehead atoms. The number of nitrogens with zero attached hydrogens (tertiary/aromatic N) is 2. The number of aryl methyl sites for hydroxylation is 1. The van der Waals surface area contributed by atoms with E-state index in [-0.39, 0.29) is 5.69 Å². The molecule has 1 atom stereocenters. The number of amides is 1. The number of fused-ring (bicyclic) bond motifs is 1. The molecule has 3 aromatic rings. The van der Waals surface area contributed by atoms with Gasteiger partial charge >= 0.3 is 0 Å². The van der Waals surface area contributed by atoms with Gasteiger partial charge in [0.25, 0.3) is 0 Å². The number of carbonyl (C=O) groups excluding carboxylic acids is 1. The summed E-state index contributed by atoms with van der Waals surface area (Å²) in [7, 11) is 0. The fourth-order valence-corrected chi connectivity index (χ4v) is 4.07. The summed E-state index contributed by atoms with van der Waals surface area (Å²) >= 11 is 1.25. The monoisotopic (exact) mass is 435 g/mol. The highest BCUT2D eigenvalue weighted by molar-refractivity contribution is 8.00. The number of unbranched alkanes of at least 4 members (excludes halogenated alkanes) is 3. The third kappa shape index (κ3) is 4.98. The third-order valence-electron chi connectivity index (χ3n) is 4.80. The minimum absolute atomic E-state index is 0.389. The van der Waals surface area contributed by atoms with Crippen LogP contribution in [0.15, 0.2) is 41.6 Å². The normalized spacial score (nSPS) is 12.3. The minimum Gasteiger partial charge on any atom is -0.323 e. The van der Waals surface area contributed by atoms with Crippen LogP contribution in [0.3, 0.4) is 0 Å². The Labute approximate surface area is 177 Å². The van der Waals surface area contributed by atoms with Crippen LogP contribution in [0.25, 0.3) is 11.0 Å². The fourth-order valence-electron chi connectivity index (χ4n) is 3.12. The first-order valence-corrected chi connectivity index (χ1v) is 10.9. The largest absolute Gasteiger partial charge is 0.323 e. The third-order valence-corrected chi connectivity index (χ3v) is 5.89. The Kier molecular flexibility index (Phi) is 7.42. The van der Waals surface area contributed by atoms with E-state index in [9.17, 15) is 18.0 Å². The highest BCUT2D eigenvalue weighted by Crippen LogP contribution is 2.29.